The third-order valence-electron chi connectivity index (χ3n) is 5.45. The van der Waals surface area contributed by atoms with Crippen molar-refractivity contribution in [2.45, 2.75) is 26.9 Å². The molecule has 3 aromatic rings. The maximum Gasteiger partial charge on any atom is 0.270 e. The zero-order valence-corrected chi connectivity index (χ0v) is 21.8. The number of nitrogens with zero attached hydrogens (tertiary/aromatic N) is 1. The number of ether oxygens (including phenoxy) is 1. The molecule has 34 heavy (non-hydrogen) atoms. The molecule has 0 bridgehead atoms. The second-order valence-corrected chi connectivity index (χ2v) is 9.49. The summed E-state index contributed by atoms with van der Waals surface area (Å²) in [5, 5.41) is 2.70. The Morgan fingerprint density at radius 1 is 1.03 bits per heavy atom. The minimum absolute atomic E-state index is 0.0254. The van der Waals surface area contributed by atoms with Crippen molar-refractivity contribution in [3.05, 3.63) is 98.1 Å². The first-order chi connectivity index (χ1) is 16.4. The summed E-state index contributed by atoms with van der Waals surface area (Å²) in [7, 11) is 0. The fourth-order valence-corrected chi connectivity index (χ4v) is 4.60. The van der Waals surface area contributed by atoms with Crippen LogP contribution in [0.4, 0.5) is 5.69 Å². The molecule has 0 unspecified atom stereocenters. The van der Waals surface area contributed by atoms with Gasteiger partial charge in [0.05, 0.1) is 9.26 Å². The number of halogens is 1. The van der Waals surface area contributed by atoms with E-state index in [-0.39, 0.29) is 10.7 Å². The summed E-state index contributed by atoms with van der Waals surface area (Å²) in [4.78, 5) is 27.2. The van der Waals surface area contributed by atoms with Gasteiger partial charge in [0.2, 0.25) is 0 Å². The molecule has 1 aliphatic heterocycles. The van der Waals surface area contributed by atoms with E-state index in [1.54, 1.807) is 6.08 Å². The Hall–Kier alpha value is -3.04. The molecule has 7 heteroatoms. The lowest BCUT2D eigenvalue weighted by Crippen LogP contribution is -2.54. The molecule has 0 atom stereocenters. The molecule has 0 radical (unpaired) electrons. The van der Waals surface area contributed by atoms with Crippen molar-refractivity contribution in [2.24, 2.45) is 0 Å². The summed E-state index contributed by atoms with van der Waals surface area (Å²) in [5.74, 6) is -0.221. The Kier molecular flexibility index (Phi) is 7.43. The van der Waals surface area contributed by atoms with Gasteiger partial charge in [-0.2, -0.15) is 0 Å². The van der Waals surface area contributed by atoms with Gasteiger partial charge in [-0.1, -0.05) is 55.0 Å². The van der Waals surface area contributed by atoms with Crippen LogP contribution in [0.5, 0.6) is 5.75 Å². The molecular formula is C27H23IN2O3S. The molecule has 1 heterocycles. The fraction of sp³-hybridized carbons (Fsp3) is 0.148. The molecule has 0 saturated carbocycles. The molecular weight excluding hydrogens is 559 g/mol. The van der Waals surface area contributed by atoms with E-state index in [1.807, 2.05) is 67.6 Å². The Morgan fingerprint density at radius 2 is 1.79 bits per heavy atom. The summed E-state index contributed by atoms with van der Waals surface area (Å²) in [6, 6.07) is 21.3. The number of hydrogen-bond donors (Lipinski definition) is 1. The normalized spacial score (nSPS) is 15.0. The lowest BCUT2D eigenvalue weighted by atomic mass is 10.1. The third kappa shape index (κ3) is 5.37. The first-order valence-electron chi connectivity index (χ1n) is 10.8. The van der Waals surface area contributed by atoms with Crippen LogP contribution in [-0.4, -0.2) is 16.9 Å². The molecule has 4 rings (SSSR count). The summed E-state index contributed by atoms with van der Waals surface area (Å²) >= 11 is 7.48. The lowest BCUT2D eigenvalue weighted by molar-refractivity contribution is -0.122. The monoisotopic (exact) mass is 582 g/mol. The van der Waals surface area contributed by atoms with Crippen molar-refractivity contribution in [3.8, 4) is 5.75 Å². The summed E-state index contributed by atoms with van der Waals surface area (Å²) in [6.07, 6.45) is 2.48. The maximum atomic E-state index is 13.2. The smallest absolute Gasteiger partial charge is 0.270 e. The number of rotatable bonds is 6. The van der Waals surface area contributed by atoms with E-state index in [0.717, 1.165) is 32.4 Å². The maximum absolute atomic E-state index is 13.2. The minimum Gasteiger partial charge on any atom is -0.488 e. The van der Waals surface area contributed by atoms with Crippen molar-refractivity contribution < 1.29 is 14.3 Å². The summed E-state index contributed by atoms with van der Waals surface area (Å²) in [5.41, 5.74) is 4.79. The van der Waals surface area contributed by atoms with E-state index >= 15 is 0 Å². The lowest BCUT2D eigenvalue weighted by Gasteiger charge is -2.29. The van der Waals surface area contributed by atoms with E-state index in [9.17, 15) is 9.59 Å². The predicted octanol–water partition coefficient (Wildman–Crippen LogP) is 5.57. The molecule has 3 aromatic carbocycles. The summed E-state index contributed by atoms with van der Waals surface area (Å²) in [6.45, 7) is 4.57. The second-order valence-electron chi connectivity index (χ2n) is 7.95. The number of benzene rings is 3. The highest BCUT2D eigenvalue weighted by atomic mass is 127. The van der Waals surface area contributed by atoms with Crippen molar-refractivity contribution in [1.29, 1.82) is 0 Å². The van der Waals surface area contributed by atoms with Crippen LogP contribution in [0.2, 0.25) is 0 Å². The van der Waals surface area contributed by atoms with E-state index < -0.39 is 11.8 Å². The number of aryl methyl sites for hydroxylation is 2. The van der Waals surface area contributed by atoms with Crippen LogP contribution >= 0.6 is 34.8 Å². The van der Waals surface area contributed by atoms with Gasteiger partial charge in [-0.15, -0.1) is 0 Å². The van der Waals surface area contributed by atoms with Gasteiger partial charge in [0.15, 0.2) is 5.11 Å². The number of anilines is 1. The topological polar surface area (TPSA) is 58.6 Å². The molecule has 5 nitrogen and oxygen atoms in total. The Labute approximate surface area is 218 Å². The van der Waals surface area contributed by atoms with Crippen LogP contribution in [0.3, 0.4) is 0 Å². The van der Waals surface area contributed by atoms with Crippen molar-refractivity contribution in [3.63, 3.8) is 0 Å². The highest BCUT2D eigenvalue weighted by Gasteiger charge is 2.34. The first-order valence-corrected chi connectivity index (χ1v) is 12.3. The Balaban J connectivity index is 1.55. The van der Waals surface area contributed by atoms with E-state index in [1.165, 1.54) is 10.5 Å². The molecule has 1 N–H and O–H groups in total. The highest BCUT2D eigenvalue weighted by Crippen LogP contribution is 2.26. The third-order valence-corrected chi connectivity index (χ3v) is 6.58. The van der Waals surface area contributed by atoms with Gasteiger partial charge in [0.25, 0.3) is 11.8 Å². The molecule has 0 aromatic heterocycles. The van der Waals surface area contributed by atoms with Crippen LogP contribution < -0.4 is 15.0 Å². The SMILES string of the molecule is CCc1ccc(N2C(=O)/C(=C/c3ccc(OCc4cccc(C)c4)c(I)c3)C(=O)NC2=S)cc1. The number of carbonyl (C=O) groups excluding carboxylic acids is 2. The van der Waals surface area contributed by atoms with Crippen molar-refractivity contribution >= 4 is 63.5 Å². The largest absolute Gasteiger partial charge is 0.488 e. The van der Waals surface area contributed by atoms with Crippen LogP contribution in [-0.2, 0) is 22.6 Å². The molecule has 1 saturated heterocycles. The average molecular weight is 582 g/mol. The number of nitrogens with one attached hydrogen (secondary N) is 1. The van der Waals surface area contributed by atoms with Gasteiger partial charge in [0, 0.05) is 0 Å². The standard InChI is InChI=1S/C27H23IN2O3S/c1-3-18-7-10-21(11-8-18)30-26(32)22(25(31)29-27(30)34)14-19-9-12-24(23(28)15-19)33-16-20-6-4-5-17(2)13-20/h4-15H,3,16H2,1-2H3,(H,29,31,34)/b22-14+. The molecule has 0 spiro atoms. The fourth-order valence-electron chi connectivity index (χ4n) is 3.63. The van der Waals surface area contributed by atoms with E-state index in [0.29, 0.717) is 12.3 Å². The Bertz CT molecular complexity index is 1300. The van der Waals surface area contributed by atoms with Crippen LogP contribution in [0, 0.1) is 10.5 Å². The van der Waals surface area contributed by atoms with Gasteiger partial charge in [-0.3, -0.25) is 19.8 Å². The zero-order valence-electron chi connectivity index (χ0n) is 18.8. The van der Waals surface area contributed by atoms with Crippen LogP contribution in [0.15, 0.2) is 72.3 Å². The Morgan fingerprint density at radius 3 is 2.47 bits per heavy atom. The van der Waals surface area contributed by atoms with Crippen LogP contribution in [0.25, 0.3) is 6.08 Å². The van der Waals surface area contributed by atoms with Gasteiger partial charge in [-0.05, 0) is 95.2 Å². The van der Waals surface area contributed by atoms with Gasteiger partial charge >= 0.3 is 0 Å². The molecule has 0 aliphatic carbocycles. The second kappa shape index (κ2) is 10.5. The van der Waals surface area contributed by atoms with E-state index in [2.05, 4.69) is 40.9 Å². The number of hydrogen-bond acceptors (Lipinski definition) is 4. The molecule has 1 aliphatic rings. The number of carbonyl (C=O) groups is 2. The highest BCUT2D eigenvalue weighted by molar-refractivity contribution is 14.1. The van der Waals surface area contributed by atoms with Crippen molar-refractivity contribution in [2.75, 3.05) is 4.90 Å². The van der Waals surface area contributed by atoms with Gasteiger partial charge in [0.1, 0.15) is 17.9 Å². The number of thiocarbonyl (C=S) groups is 1. The van der Waals surface area contributed by atoms with Gasteiger partial charge in [-0.25, -0.2) is 0 Å². The first kappa shape index (κ1) is 24.1. The zero-order chi connectivity index (χ0) is 24.2. The van der Waals surface area contributed by atoms with Crippen molar-refractivity contribution in [1.82, 2.24) is 5.32 Å². The summed E-state index contributed by atoms with van der Waals surface area (Å²) < 4.78 is 6.85. The quantitative estimate of drug-likeness (QED) is 0.179. The number of amides is 2. The average Bonchev–Trinajstić information content (AvgIpc) is 2.81. The van der Waals surface area contributed by atoms with Crippen LogP contribution in [0.1, 0.15) is 29.2 Å². The predicted molar refractivity (Wildman–Crippen MR) is 147 cm³/mol. The molecule has 172 valence electrons. The minimum atomic E-state index is -0.508. The molecule has 2 amide bonds. The van der Waals surface area contributed by atoms with E-state index in [4.69, 9.17) is 17.0 Å². The van der Waals surface area contributed by atoms with Gasteiger partial charge < -0.3 is 4.74 Å². The molecule has 1 fully saturated rings.